The Morgan fingerprint density at radius 3 is 2.54 bits per heavy atom. The SMILES string of the molecule is CCN1C2=C(C=C/C1=C1\C(=O)N(C)C(=S)N1C1CCCCC1)CCCC2. The summed E-state index contributed by atoms with van der Waals surface area (Å²) in [6.07, 6.45) is 15.2. The summed E-state index contributed by atoms with van der Waals surface area (Å²) < 4.78 is 0. The quantitative estimate of drug-likeness (QED) is 0.534. The summed E-state index contributed by atoms with van der Waals surface area (Å²) >= 11 is 5.70. The Balaban J connectivity index is 1.79. The molecule has 0 bridgehead atoms. The minimum Gasteiger partial charge on any atom is -0.343 e. The van der Waals surface area contributed by atoms with Gasteiger partial charge in [-0.3, -0.25) is 9.69 Å². The lowest BCUT2D eigenvalue weighted by atomic mass is 9.91. The molecule has 4 rings (SSSR count). The van der Waals surface area contributed by atoms with Crippen molar-refractivity contribution in [3.05, 3.63) is 34.8 Å². The second-order valence-electron chi connectivity index (χ2n) is 7.80. The maximum absolute atomic E-state index is 13.2. The molecular weight excluding hydrogens is 342 g/mol. The molecule has 0 aromatic heterocycles. The Kier molecular flexibility index (Phi) is 4.91. The van der Waals surface area contributed by atoms with E-state index in [0.29, 0.717) is 11.2 Å². The van der Waals surface area contributed by atoms with Gasteiger partial charge in [-0.1, -0.05) is 25.3 Å². The minimum absolute atomic E-state index is 0.0542. The fourth-order valence-corrected chi connectivity index (χ4v) is 5.22. The molecule has 0 unspecified atom stereocenters. The van der Waals surface area contributed by atoms with Gasteiger partial charge in [-0.2, -0.15) is 0 Å². The number of carbonyl (C=O) groups is 1. The van der Waals surface area contributed by atoms with Crippen LogP contribution in [0, 0.1) is 0 Å². The summed E-state index contributed by atoms with van der Waals surface area (Å²) in [4.78, 5) is 19.4. The molecule has 0 aromatic carbocycles. The number of nitrogens with zero attached hydrogens (tertiary/aromatic N) is 3. The van der Waals surface area contributed by atoms with Crippen molar-refractivity contribution in [1.82, 2.24) is 14.7 Å². The Labute approximate surface area is 162 Å². The Bertz CT molecular complexity index is 715. The Morgan fingerprint density at radius 1 is 1.08 bits per heavy atom. The summed E-state index contributed by atoms with van der Waals surface area (Å²) in [6.45, 7) is 3.08. The summed E-state index contributed by atoms with van der Waals surface area (Å²) in [5.41, 5.74) is 4.73. The highest BCUT2D eigenvalue weighted by atomic mass is 32.1. The molecule has 2 aliphatic carbocycles. The predicted octanol–water partition coefficient (Wildman–Crippen LogP) is 4.31. The van der Waals surface area contributed by atoms with Gasteiger partial charge in [0, 0.05) is 25.3 Å². The molecule has 1 saturated carbocycles. The van der Waals surface area contributed by atoms with E-state index in [0.717, 1.165) is 43.6 Å². The smallest absolute Gasteiger partial charge is 0.278 e. The number of thiocarbonyl (C=S) groups is 1. The summed E-state index contributed by atoms with van der Waals surface area (Å²) in [6, 6.07) is 0.362. The molecule has 2 aliphatic heterocycles. The van der Waals surface area contributed by atoms with Gasteiger partial charge in [0.05, 0.1) is 5.70 Å². The zero-order valence-corrected chi connectivity index (χ0v) is 16.8. The highest BCUT2D eigenvalue weighted by molar-refractivity contribution is 7.80. The van der Waals surface area contributed by atoms with Crippen LogP contribution in [0.3, 0.4) is 0 Å². The number of carbonyl (C=O) groups excluding carboxylic acids is 1. The van der Waals surface area contributed by atoms with E-state index < -0.39 is 0 Å². The van der Waals surface area contributed by atoms with E-state index >= 15 is 0 Å². The first-order chi connectivity index (χ1) is 12.6. The number of hydrogen-bond acceptors (Lipinski definition) is 3. The average molecular weight is 372 g/mol. The molecule has 1 amide bonds. The highest BCUT2D eigenvalue weighted by Crippen LogP contribution is 2.39. The number of amides is 1. The van der Waals surface area contributed by atoms with Crippen molar-refractivity contribution in [2.45, 2.75) is 70.8 Å². The molecule has 26 heavy (non-hydrogen) atoms. The molecule has 0 atom stereocenters. The van der Waals surface area contributed by atoms with Crippen molar-refractivity contribution in [1.29, 1.82) is 0 Å². The van der Waals surface area contributed by atoms with Gasteiger partial charge in [0.2, 0.25) is 0 Å². The fourth-order valence-electron chi connectivity index (χ4n) is 4.90. The van der Waals surface area contributed by atoms with Gasteiger partial charge in [-0.05, 0) is 69.3 Å². The van der Waals surface area contributed by atoms with Crippen LogP contribution in [0.4, 0.5) is 0 Å². The largest absolute Gasteiger partial charge is 0.343 e. The summed E-state index contributed by atoms with van der Waals surface area (Å²) in [5, 5.41) is 0.678. The van der Waals surface area contributed by atoms with Crippen molar-refractivity contribution in [2.75, 3.05) is 13.6 Å². The van der Waals surface area contributed by atoms with Gasteiger partial charge in [-0.15, -0.1) is 0 Å². The third-order valence-electron chi connectivity index (χ3n) is 6.28. The molecule has 0 N–H and O–H groups in total. The van der Waals surface area contributed by atoms with Crippen LogP contribution in [-0.2, 0) is 4.79 Å². The fraction of sp³-hybridized carbons (Fsp3) is 0.619. The van der Waals surface area contributed by atoms with Gasteiger partial charge in [0.1, 0.15) is 5.70 Å². The first kappa shape index (κ1) is 17.8. The monoisotopic (exact) mass is 371 g/mol. The first-order valence-electron chi connectivity index (χ1n) is 10.2. The van der Waals surface area contributed by atoms with Crippen LogP contribution in [0.25, 0.3) is 0 Å². The molecule has 4 aliphatic rings. The molecule has 0 radical (unpaired) electrons. The van der Waals surface area contributed by atoms with E-state index in [1.165, 1.54) is 43.4 Å². The van der Waals surface area contributed by atoms with Crippen LogP contribution >= 0.6 is 12.2 Å². The average Bonchev–Trinajstić information content (AvgIpc) is 2.91. The Morgan fingerprint density at radius 2 is 1.81 bits per heavy atom. The van der Waals surface area contributed by atoms with Crippen LogP contribution in [0.1, 0.15) is 64.7 Å². The third kappa shape index (κ3) is 2.81. The minimum atomic E-state index is 0.0542. The van der Waals surface area contributed by atoms with Crippen molar-refractivity contribution >= 4 is 23.2 Å². The maximum atomic E-state index is 13.2. The second-order valence-corrected chi connectivity index (χ2v) is 8.16. The maximum Gasteiger partial charge on any atom is 0.278 e. The van der Waals surface area contributed by atoms with Crippen LogP contribution < -0.4 is 0 Å². The van der Waals surface area contributed by atoms with Crippen molar-refractivity contribution in [3.63, 3.8) is 0 Å². The van der Waals surface area contributed by atoms with Gasteiger partial charge in [0.15, 0.2) is 5.11 Å². The van der Waals surface area contributed by atoms with E-state index in [9.17, 15) is 4.79 Å². The topological polar surface area (TPSA) is 26.8 Å². The summed E-state index contributed by atoms with van der Waals surface area (Å²) in [5.74, 6) is 0.0542. The number of likely N-dealkylation sites (N-methyl/N-ethyl adjacent to an activating group) is 2. The van der Waals surface area contributed by atoms with E-state index in [-0.39, 0.29) is 5.91 Å². The molecule has 0 spiro atoms. The zero-order chi connectivity index (χ0) is 18.3. The van der Waals surface area contributed by atoms with E-state index in [2.05, 4.69) is 28.9 Å². The van der Waals surface area contributed by atoms with Crippen LogP contribution in [0.15, 0.2) is 34.8 Å². The van der Waals surface area contributed by atoms with Crippen LogP contribution in [0.5, 0.6) is 0 Å². The number of hydrogen-bond donors (Lipinski definition) is 0. The predicted molar refractivity (Wildman–Crippen MR) is 108 cm³/mol. The normalized spacial score (nSPS) is 27.7. The van der Waals surface area contributed by atoms with Crippen molar-refractivity contribution in [3.8, 4) is 0 Å². The molecule has 140 valence electrons. The van der Waals surface area contributed by atoms with E-state index in [1.807, 2.05) is 7.05 Å². The van der Waals surface area contributed by atoms with Gasteiger partial charge >= 0.3 is 0 Å². The van der Waals surface area contributed by atoms with E-state index in [1.54, 1.807) is 4.90 Å². The van der Waals surface area contributed by atoms with Crippen LogP contribution in [0.2, 0.25) is 0 Å². The van der Waals surface area contributed by atoms with Crippen molar-refractivity contribution in [2.24, 2.45) is 0 Å². The molecule has 2 heterocycles. The lowest BCUT2D eigenvalue weighted by Crippen LogP contribution is -2.40. The van der Waals surface area contributed by atoms with Gasteiger partial charge in [0.25, 0.3) is 5.91 Å². The molecule has 1 saturated heterocycles. The summed E-state index contributed by atoms with van der Waals surface area (Å²) in [7, 11) is 1.82. The number of rotatable bonds is 2. The molecule has 0 aromatic rings. The third-order valence-corrected chi connectivity index (χ3v) is 6.75. The van der Waals surface area contributed by atoms with Gasteiger partial charge < -0.3 is 9.80 Å². The molecule has 2 fully saturated rings. The highest BCUT2D eigenvalue weighted by Gasteiger charge is 2.43. The lowest BCUT2D eigenvalue weighted by Gasteiger charge is -2.38. The molecule has 4 nitrogen and oxygen atoms in total. The molecular formula is C21H29N3OS. The first-order valence-corrected chi connectivity index (χ1v) is 10.6. The van der Waals surface area contributed by atoms with Crippen molar-refractivity contribution < 1.29 is 4.79 Å². The number of allylic oxidation sites excluding steroid dienone is 4. The van der Waals surface area contributed by atoms with Crippen LogP contribution in [-0.4, -0.2) is 45.4 Å². The zero-order valence-electron chi connectivity index (χ0n) is 16.0. The van der Waals surface area contributed by atoms with E-state index in [4.69, 9.17) is 12.2 Å². The standard InChI is InChI=1S/C21H29N3OS/c1-3-23-17-12-8-7-9-15(17)13-14-18(23)19-20(25)22(2)21(26)24(19)16-10-5-4-6-11-16/h13-14,16H,3-12H2,1-2H3/b19-18-. The lowest BCUT2D eigenvalue weighted by molar-refractivity contribution is -0.122. The molecule has 5 heteroatoms. The second kappa shape index (κ2) is 7.18. The Hall–Kier alpha value is -1.62. The van der Waals surface area contributed by atoms with Gasteiger partial charge in [-0.25, -0.2) is 0 Å².